The molecule has 0 unspecified atom stereocenters. The lowest BCUT2D eigenvalue weighted by Crippen LogP contribution is -2.33. The molecule has 1 amide bonds. The van der Waals surface area contributed by atoms with Gasteiger partial charge in [0, 0.05) is 31.7 Å². The van der Waals surface area contributed by atoms with Gasteiger partial charge >= 0.3 is 0 Å². The summed E-state index contributed by atoms with van der Waals surface area (Å²) in [5.74, 6) is 0.278. The summed E-state index contributed by atoms with van der Waals surface area (Å²) in [5.41, 5.74) is 1.22. The van der Waals surface area contributed by atoms with Crippen molar-refractivity contribution in [3.05, 3.63) is 30.3 Å². The van der Waals surface area contributed by atoms with Gasteiger partial charge in [-0.1, -0.05) is 31.0 Å². The van der Waals surface area contributed by atoms with Gasteiger partial charge in [-0.05, 0) is 37.3 Å². The number of benzene rings is 1. The summed E-state index contributed by atoms with van der Waals surface area (Å²) in [6, 6.07) is 10.3. The van der Waals surface area contributed by atoms with Crippen molar-refractivity contribution in [2.75, 3.05) is 30.3 Å². The molecule has 6 heteroatoms. The molecule has 25 heavy (non-hydrogen) atoms. The second kappa shape index (κ2) is 8.21. The minimum Gasteiger partial charge on any atom is -0.371 e. The predicted molar refractivity (Wildman–Crippen MR) is 100 cm³/mol. The van der Waals surface area contributed by atoms with Crippen LogP contribution in [0.25, 0.3) is 0 Å². The Labute approximate surface area is 150 Å². The van der Waals surface area contributed by atoms with E-state index in [-0.39, 0.29) is 23.3 Å². The molecule has 0 aromatic heterocycles. The monoisotopic (exact) mass is 364 g/mol. The number of sulfone groups is 1. The number of carbonyl (C=O) groups is 1. The van der Waals surface area contributed by atoms with Crippen LogP contribution in [0.15, 0.2) is 30.3 Å². The molecule has 1 aromatic carbocycles. The maximum Gasteiger partial charge on any atom is 0.221 e. The topological polar surface area (TPSA) is 66.5 Å². The number of para-hydroxylation sites is 1. The summed E-state index contributed by atoms with van der Waals surface area (Å²) in [4.78, 5) is 14.4. The van der Waals surface area contributed by atoms with Crippen molar-refractivity contribution in [1.29, 1.82) is 0 Å². The van der Waals surface area contributed by atoms with Crippen LogP contribution in [0.1, 0.15) is 38.5 Å². The Morgan fingerprint density at radius 1 is 1.12 bits per heavy atom. The quantitative estimate of drug-likeness (QED) is 0.807. The number of carbonyl (C=O) groups excluding carboxylic acids is 1. The molecule has 138 valence electrons. The zero-order valence-corrected chi connectivity index (χ0v) is 15.5. The molecule has 1 aliphatic heterocycles. The second-order valence-electron chi connectivity index (χ2n) is 7.26. The number of anilines is 1. The first-order valence-corrected chi connectivity index (χ1v) is 11.0. The Bertz CT molecular complexity index is 669. The average Bonchev–Trinajstić information content (AvgIpc) is 3.31. The van der Waals surface area contributed by atoms with Crippen LogP contribution in [0.2, 0.25) is 0 Å². The number of rotatable bonds is 7. The van der Waals surface area contributed by atoms with Crippen LogP contribution < -0.4 is 10.2 Å². The van der Waals surface area contributed by atoms with Gasteiger partial charge < -0.3 is 10.2 Å². The van der Waals surface area contributed by atoms with E-state index in [2.05, 4.69) is 22.3 Å². The third-order valence-electron chi connectivity index (χ3n) is 5.42. The maximum absolute atomic E-state index is 12.2. The molecular weight excluding hydrogens is 336 g/mol. The second-order valence-corrected chi connectivity index (χ2v) is 9.66. The summed E-state index contributed by atoms with van der Waals surface area (Å²) < 4.78 is 24.4. The van der Waals surface area contributed by atoms with E-state index in [9.17, 15) is 13.2 Å². The van der Waals surface area contributed by atoms with E-state index in [1.807, 2.05) is 18.2 Å². The zero-order chi connectivity index (χ0) is 17.7. The molecule has 0 bridgehead atoms. The number of hydrogen-bond donors (Lipinski definition) is 1. The standard InChI is InChI=1S/C19H28N2O3S/c22-19(11-13-25(23,24)18-8-4-5-9-18)20-14-16-10-12-21(15-16)17-6-2-1-3-7-17/h1-3,6-7,16,18H,4-5,8-15H2,(H,20,22)/t16-/m1/s1. The van der Waals surface area contributed by atoms with E-state index in [4.69, 9.17) is 0 Å². The number of nitrogens with zero attached hydrogens (tertiary/aromatic N) is 1. The van der Waals surface area contributed by atoms with E-state index in [0.717, 1.165) is 45.2 Å². The summed E-state index contributed by atoms with van der Waals surface area (Å²) in [6.07, 6.45) is 4.66. The maximum atomic E-state index is 12.2. The number of hydrogen-bond acceptors (Lipinski definition) is 4. The number of nitrogens with one attached hydrogen (secondary N) is 1. The average molecular weight is 365 g/mol. The van der Waals surface area contributed by atoms with Gasteiger partial charge in [0.2, 0.25) is 5.91 Å². The van der Waals surface area contributed by atoms with Gasteiger partial charge in [0.15, 0.2) is 9.84 Å². The van der Waals surface area contributed by atoms with Gasteiger partial charge in [-0.25, -0.2) is 8.42 Å². The van der Waals surface area contributed by atoms with Crippen LogP contribution in [-0.4, -0.2) is 45.0 Å². The Kier molecular flexibility index (Phi) is 5.99. The first-order valence-electron chi connectivity index (χ1n) is 9.33. The van der Waals surface area contributed by atoms with Crippen molar-refractivity contribution >= 4 is 21.4 Å². The highest BCUT2D eigenvalue weighted by Gasteiger charge is 2.29. The first kappa shape index (κ1) is 18.2. The van der Waals surface area contributed by atoms with Gasteiger partial charge in [0.1, 0.15) is 0 Å². The molecule has 3 rings (SSSR count). The molecule has 1 aliphatic carbocycles. The first-order chi connectivity index (χ1) is 12.0. The molecule has 2 fully saturated rings. The highest BCUT2D eigenvalue weighted by Crippen LogP contribution is 2.25. The molecule has 1 heterocycles. The molecule has 0 spiro atoms. The van der Waals surface area contributed by atoms with Crippen LogP contribution >= 0.6 is 0 Å². The lowest BCUT2D eigenvalue weighted by atomic mass is 10.1. The summed E-state index contributed by atoms with van der Waals surface area (Å²) >= 11 is 0. The van der Waals surface area contributed by atoms with Crippen LogP contribution in [0.3, 0.4) is 0 Å². The van der Waals surface area contributed by atoms with Gasteiger partial charge in [-0.15, -0.1) is 0 Å². The summed E-state index contributed by atoms with van der Waals surface area (Å²) in [6.45, 7) is 2.57. The fourth-order valence-corrected chi connectivity index (χ4v) is 5.72. The fourth-order valence-electron chi connectivity index (χ4n) is 3.87. The van der Waals surface area contributed by atoms with E-state index in [0.29, 0.717) is 12.5 Å². The van der Waals surface area contributed by atoms with E-state index in [1.165, 1.54) is 5.69 Å². The summed E-state index contributed by atoms with van der Waals surface area (Å²) in [5, 5.41) is 2.72. The Morgan fingerprint density at radius 2 is 1.84 bits per heavy atom. The molecule has 1 saturated carbocycles. The van der Waals surface area contributed by atoms with E-state index in [1.54, 1.807) is 0 Å². The van der Waals surface area contributed by atoms with Crippen LogP contribution in [0.5, 0.6) is 0 Å². The molecule has 1 saturated heterocycles. The molecule has 1 aromatic rings. The largest absolute Gasteiger partial charge is 0.371 e. The summed E-state index contributed by atoms with van der Waals surface area (Å²) in [7, 11) is -3.11. The zero-order valence-electron chi connectivity index (χ0n) is 14.7. The van der Waals surface area contributed by atoms with Crippen LogP contribution in [0.4, 0.5) is 5.69 Å². The van der Waals surface area contributed by atoms with E-state index < -0.39 is 9.84 Å². The van der Waals surface area contributed by atoms with Gasteiger partial charge in [0.25, 0.3) is 0 Å². The van der Waals surface area contributed by atoms with E-state index >= 15 is 0 Å². The minimum absolute atomic E-state index is 0.00962. The molecule has 2 aliphatic rings. The smallest absolute Gasteiger partial charge is 0.221 e. The lowest BCUT2D eigenvalue weighted by Gasteiger charge is -2.18. The Morgan fingerprint density at radius 3 is 2.56 bits per heavy atom. The van der Waals surface area contributed by atoms with Crippen LogP contribution in [0, 0.1) is 5.92 Å². The third-order valence-corrected chi connectivity index (χ3v) is 7.68. The Balaban J connectivity index is 1.38. The Hall–Kier alpha value is -1.56. The van der Waals surface area contributed by atoms with Gasteiger partial charge in [-0.2, -0.15) is 0 Å². The molecule has 1 N–H and O–H groups in total. The predicted octanol–water partition coefficient (Wildman–Crippen LogP) is 2.38. The van der Waals surface area contributed by atoms with Crippen molar-refractivity contribution < 1.29 is 13.2 Å². The minimum atomic E-state index is -3.11. The highest BCUT2D eigenvalue weighted by molar-refractivity contribution is 7.92. The lowest BCUT2D eigenvalue weighted by molar-refractivity contribution is -0.120. The molecule has 0 radical (unpaired) electrons. The highest BCUT2D eigenvalue weighted by atomic mass is 32.2. The van der Waals surface area contributed by atoms with Crippen molar-refractivity contribution in [2.45, 2.75) is 43.8 Å². The fraction of sp³-hybridized carbons (Fsp3) is 0.632. The third kappa shape index (κ3) is 4.97. The number of amides is 1. The van der Waals surface area contributed by atoms with Crippen molar-refractivity contribution in [3.8, 4) is 0 Å². The molecule has 1 atom stereocenters. The van der Waals surface area contributed by atoms with Crippen molar-refractivity contribution in [1.82, 2.24) is 5.32 Å². The van der Waals surface area contributed by atoms with Crippen molar-refractivity contribution in [3.63, 3.8) is 0 Å². The molecular formula is C19H28N2O3S. The van der Waals surface area contributed by atoms with Crippen molar-refractivity contribution in [2.24, 2.45) is 5.92 Å². The SMILES string of the molecule is O=C(CCS(=O)(=O)C1CCCC1)NC[C@H]1CCN(c2ccccc2)C1. The van der Waals surface area contributed by atoms with Gasteiger partial charge in [-0.3, -0.25) is 4.79 Å². The van der Waals surface area contributed by atoms with Gasteiger partial charge in [0.05, 0.1) is 11.0 Å². The normalized spacial score (nSPS) is 21.6. The molecule has 5 nitrogen and oxygen atoms in total. The van der Waals surface area contributed by atoms with Crippen LogP contribution in [-0.2, 0) is 14.6 Å².